The lowest BCUT2D eigenvalue weighted by Gasteiger charge is -2.13. The number of benzene rings is 2. The number of fused-ring (bicyclic) bond motifs is 1. The van der Waals surface area contributed by atoms with Crippen LogP contribution in [0.1, 0.15) is 32.6 Å². The lowest BCUT2D eigenvalue weighted by Crippen LogP contribution is -2.23. The molecule has 0 saturated carbocycles. The Balaban J connectivity index is 1.73. The van der Waals surface area contributed by atoms with Crippen LogP contribution in [0.2, 0.25) is 0 Å². The zero-order valence-corrected chi connectivity index (χ0v) is 14.2. The molecule has 0 spiro atoms. The number of amides is 1. The first kappa shape index (κ1) is 16.3. The number of ether oxygens (including phenoxy) is 2. The first-order valence-corrected chi connectivity index (χ1v) is 7.94. The first-order valence-electron chi connectivity index (χ1n) is 7.94. The van der Waals surface area contributed by atoms with E-state index in [0.717, 1.165) is 24.2 Å². The number of hydrogen-bond acceptors (Lipinski definition) is 4. The van der Waals surface area contributed by atoms with Crippen LogP contribution >= 0.6 is 0 Å². The van der Waals surface area contributed by atoms with E-state index in [0.29, 0.717) is 23.6 Å². The number of nitrogens with one attached hydrogen (secondary N) is 2. The Hall–Kier alpha value is -2.53. The second-order valence-corrected chi connectivity index (χ2v) is 5.91. The molecule has 126 valence electrons. The zero-order chi connectivity index (χ0) is 17.1. The first-order chi connectivity index (χ1) is 11.6. The van der Waals surface area contributed by atoms with Crippen molar-refractivity contribution in [1.82, 2.24) is 10.6 Å². The molecule has 1 aliphatic rings. The molecule has 0 bridgehead atoms. The maximum absolute atomic E-state index is 12.5. The highest BCUT2D eigenvalue weighted by Crippen LogP contribution is 2.30. The molecule has 2 aromatic carbocycles. The van der Waals surface area contributed by atoms with Crippen LogP contribution in [0.3, 0.4) is 0 Å². The molecule has 1 aliphatic heterocycles. The number of methoxy groups -OCH3 is 2. The third-order valence-corrected chi connectivity index (χ3v) is 4.33. The maximum atomic E-state index is 12.5. The van der Waals surface area contributed by atoms with Gasteiger partial charge in [-0.1, -0.05) is 18.2 Å². The largest absolute Gasteiger partial charge is 0.493 e. The SMILES string of the molecule is COc1cc(C)c(C(=O)NCc2ccc3c(c2)CNC3)cc1OC. The summed E-state index contributed by atoms with van der Waals surface area (Å²) in [6.45, 7) is 4.20. The molecule has 0 radical (unpaired) electrons. The molecule has 0 saturated heterocycles. The minimum absolute atomic E-state index is 0.118. The van der Waals surface area contributed by atoms with E-state index in [1.807, 2.05) is 13.0 Å². The van der Waals surface area contributed by atoms with Gasteiger partial charge in [-0.25, -0.2) is 0 Å². The normalized spacial score (nSPS) is 12.6. The Morgan fingerprint density at radius 1 is 1.08 bits per heavy atom. The summed E-state index contributed by atoms with van der Waals surface area (Å²) >= 11 is 0. The number of carbonyl (C=O) groups is 1. The Morgan fingerprint density at radius 3 is 2.54 bits per heavy atom. The van der Waals surface area contributed by atoms with Gasteiger partial charge in [0, 0.05) is 25.2 Å². The van der Waals surface area contributed by atoms with Crippen molar-refractivity contribution in [1.29, 1.82) is 0 Å². The van der Waals surface area contributed by atoms with Gasteiger partial charge in [0.05, 0.1) is 14.2 Å². The van der Waals surface area contributed by atoms with E-state index in [1.54, 1.807) is 20.3 Å². The fourth-order valence-electron chi connectivity index (χ4n) is 2.96. The van der Waals surface area contributed by atoms with Crippen molar-refractivity contribution in [3.05, 3.63) is 58.1 Å². The molecule has 0 aromatic heterocycles. The van der Waals surface area contributed by atoms with Crippen LogP contribution in [-0.4, -0.2) is 20.1 Å². The smallest absolute Gasteiger partial charge is 0.251 e. The summed E-state index contributed by atoms with van der Waals surface area (Å²) in [5.74, 6) is 1.06. The molecular weight excluding hydrogens is 304 g/mol. The van der Waals surface area contributed by atoms with Crippen LogP contribution < -0.4 is 20.1 Å². The topological polar surface area (TPSA) is 59.6 Å². The van der Waals surface area contributed by atoms with E-state index in [2.05, 4.69) is 28.8 Å². The van der Waals surface area contributed by atoms with Crippen molar-refractivity contribution in [2.45, 2.75) is 26.6 Å². The van der Waals surface area contributed by atoms with E-state index in [9.17, 15) is 4.79 Å². The average molecular weight is 326 g/mol. The Morgan fingerprint density at radius 2 is 1.79 bits per heavy atom. The highest BCUT2D eigenvalue weighted by atomic mass is 16.5. The molecule has 24 heavy (non-hydrogen) atoms. The van der Waals surface area contributed by atoms with Crippen molar-refractivity contribution >= 4 is 5.91 Å². The van der Waals surface area contributed by atoms with E-state index >= 15 is 0 Å². The molecule has 1 amide bonds. The lowest BCUT2D eigenvalue weighted by molar-refractivity contribution is 0.0950. The average Bonchev–Trinajstić information content (AvgIpc) is 3.07. The third-order valence-electron chi connectivity index (χ3n) is 4.33. The van der Waals surface area contributed by atoms with Crippen LogP contribution in [0.25, 0.3) is 0 Å². The Bertz CT molecular complexity index is 771. The molecule has 2 N–H and O–H groups in total. The zero-order valence-electron chi connectivity index (χ0n) is 14.2. The van der Waals surface area contributed by atoms with E-state index in [-0.39, 0.29) is 5.91 Å². The van der Waals surface area contributed by atoms with Gasteiger partial charge in [-0.15, -0.1) is 0 Å². The molecule has 2 aromatic rings. The van der Waals surface area contributed by atoms with Crippen LogP contribution in [0.5, 0.6) is 11.5 Å². The minimum Gasteiger partial charge on any atom is -0.493 e. The molecular formula is C19H22N2O3. The van der Waals surface area contributed by atoms with Crippen LogP contribution in [0.4, 0.5) is 0 Å². The van der Waals surface area contributed by atoms with Gasteiger partial charge in [0.25, 0.3) is 5.91 Å². The van der Waals surface area contributed by atoms with Gasteiger partial charge in [-0.3, -0.25) is 4.79 Å². The molecule has 3 rings (SSSR count). The fourth-order valence-corrected chi connectivity index (χ4v) is 2.96. The van der Waals surface area contributed by atoms with Crippen molar-refractivity contribution in [3.8, 4) is 11.5 Å². The van der Waals surface area contributed by atoms with Gasteiger partial charge in [-0.05, 0) is 41.3 Å². The van der Waals surface area contributed by atoms with Gasteiger partial charge in [0.1, 0.15) is 0 Å². The Labute approximate surface area is 142 Å². The number of rotatable bonds is 5. The number of carbonyl (C=O) groups excluding carboxylic acids is 1. The summed E-state index contributed by atoms with van der Waals surface area (Å²) in [4.78, 5) is 12.5. The van der Waals surface area contributed by atoms with Gasteiger partial charge in [-0.2, -0.15) is 0 Å². The molecule has 5 nitrogen and oxygen atoms in total. The van der Waals surface area contributed by atoms with Crippen LogP contribution in [-0.2, 0) is 19.6 Å². The van der Waals surface area contributed by atoms with Crippen molar-refractivity contribution in [3.63, 3.8) is 0 Å². The molecule has 0 atom stereocenters. The summed E-state index contributed by atoms with van der Waals surface area (Å²) < 4.78 is 10.5. The minimum atomic E-state index is -0.118. The number of aryl methyl sites for hydroxylation is 1. The quantitative estimate of drug-likeness (QED) is 0.886. The monoisotopic (exact) mass is 326 g/mol. The lowest BCUT2D eigenvalue weighted by atomic mass is 10.1. The second kappa shape index (κ2) is 6.93. The summed E-state index contributed by atoms with van der Waals surface area (Å²) in [6.07, 6.45) is 0. The van der Waals surface area contributed by atoms with Crippen molar-refractivity contribution in [2.75, 3.05) is 14.2 Å². The Kier molecular flexibility index (Phi) is 4.71. The predicted octanol–water partition coefficient (Wildman–Crippen LogP) is 2.55. The fraction of sp³-hybridized carbons (Fsp3) is 0.316. The second-order valence-electron chi connectivity index (χ2n) is 5.91. The van der Waals surface area contributed by atoms with Gasteiger partial charge < -0.3 is 20.1 Å². The van der Waals surface area contributed by atoms with Crippen LogP contribution in [0.15, 0.2) is 30.3 Å². The third kappa shape index (κ3) is 3.21. The van der Waals surface area contributed by atoms with E-state index in [1.165, 1.54) is 11.1 Å². The maximum Gasteiger partial charge on any atom is 0.251 e. The molecule has 0 fully saturated rings. The van der Waals surface area contributed by atoms with Gasteiger partial charge in [0.15, 0.2) is 11.5 Å². The molecule has 1 heterocycles. The van der Waals surface area contributed by atoms with Gasteiger partial charge in [0.2, 0.25) is 0 Å². The van der Waals surface area contributed by atoms with E-state index < -0.39 is 0 Å². The number of hydrogen-bond donors (Lipinski definition) is 2. The molecule has 5 heteroatoms. The predicted molar refractivity (Wildman–Crippen MR) is 92.4 cm³/mol. The van der Waals surface area contributed by atoms with E-state index in [4.69, 9.17) is 9.47 Å². The van der Waals surface area contributed by atoms with Gasteiger partial charge >= 0.3 is 0 Å². The van der Waals surface area contributed by atoms with Crippen molar-refractivity contribution in [2.24, 2.45) is 0 Å². The highest BCUT2D eigenvalue weighted by Gasteiger charge is 2.15. The molecule has 0 unspecified atom stereocenters. The summed E-state index contributed by atoms with van der Waals surface area (Å²) in [6, 6.07) is 9.87. The van der Waals surface area contributed by atoms with Crippen LogP contribution in [0, 0.1) is 6.92 Å². The summed E-state index contributed by atoms with van der Waals surface area (Å²) in [5.41, 5.74) is 5.19. The highest BCUT2D eigenvalue weighted by molar-refractivity contribution is 5.96. The summed E-state index contributed by atoms with van der Waals surface area (Å²) in [7, 11) is 3.15. The molecule has 0 aliphatic carbocycles. The standard InChI is InChI=1S/C19H22N2O3/c1-12-6-17(23-2)18(24-3)8-16(12)19(22)21-9-13-4-5-14-10-20-11-15(14)7-13/h4-8,20H,9-11H2,1-3H3,(H,21,22). The van der Waals surface area contributed by atoms with Crippen molar-refractivity contribution < 1.29 is 14.3 Å². The summed E-state index contributed by atoms with van der Waals surface area (Å²) in [5, 5.41) is 6.30.